The Morgan fingerprint density at radius 3 is 2.52 bits per heavy atom. The molecule has 0 fully saturated rings. The monoisotopic (exact) mass is 455 g/mol. The molecule has 8 nitrogen and oxygen atoms in total. The lowest BCUT2D eigenvalue weighted by Crippen LogP contribution is -2.42. The van der Waals surface area contributed by atoms with Crippen LogP contribution in [-0.2, 0) is 11.8 Å². The van der Waals surface area contributed by atoms with Gasteiger partial charge < -0.3 is 26.3 Å². The number of halogens is 1. The van der Waals surface area contributed by atoms with E-state index in [0.717, 1.165) is 11.4 Å². The maximum absolute atomic E-state index is 13.5. The minimum Gasteiger partial charge on any atom is -0.401 e. The summed E-state index contributed by atoms with van der Waals surface area (Å²) in [5.74, 6) is -2.22. The number of amides is 2. The first kappa shape index (κ1) is 24.0. The van der Waals surface area contributed by atoms with E-state index in [1.807, 2.05) is 0 Å². The highest BCUT2D eigenvalue weighted by molar-refractivity contribution is 6.43. The molecule has 2 amide bonds. The third-order valence-electron chi connectivity index (χ3n) is 6.23. The smallest absolute Gasteiger partial charge is 0.294 e. The van der Waals surface area contributed by atoms with Crippen LogP contribution in [0.3, 0.4) is 0 Å². The average molecular weight is 456 g/mol. The Balaban J connectivity index is 1.80. The minimum absolute atomic E-state index is 0.158. The highest BCUT2D eigenvalue weighted by atomic mass is 19.1. The number of nitrogens with two attached hydrogens (primary N) is 1. The molecule has 1 aromatic heterocycles. The summed E-state index contributed by atoms with van der Waals surface area (Å²) in [7, 11) is 3.41. The van der Waals surface area contributed by atoms with E-state index >= 15 is 0 Å². The van der Waals surface area contributed by atoms with Gasteiger partial charge in [0, 0.05) is 49.3 Å². The molecule has 0 bridgehead atoms. The second-order valence-electron chi connectivity index (χ2n) is 8.41. The molecule has 0 saturated carbocycles. The number of aryl methyl sites for hydroxylation is 1. The number of nitrogens with one attached hydrogen (secondary N) is 3. The minimum atomic E-state index is -0.722. The largest absolute Gasteiger partial charge is 0.401 e. The van der Waals surface area contributed by atoms with Crippen LogP contribution in [0.4, 0.5) is 10.1 Å². The first-order valence-electron chi connectivity index (χ1n) is 10.8. The molecule has 176 valence electrons. The summed E-state index contributed by atoms with van der Waals surface area (Å²) in [4.78, 5) is 38.8. The molecule has 1 heterocycles. The van der Waals surface area contributed by atoms with Gasteiger partial charge >= 0.3 is 0 Å². The van der Waals surface area contributed by atoms with Crippen LogP contribution in [0.1, 0.15) is 56.9 Å². The van der Waals surface area contributed by atoms with Crippen molar-refractivity contribution in [3.8, 4) is 0 Å². The van der Waals surface area contributed by atoms with Gasteiger partial charge in [-0.25, -0.2) is 4.39 Å². The Morgan fingerprint density at radius 1 is 1.18 bits per heavy atom. The zero-order chi connectivity index (χ0) is 24.4. The molecule has 0 aliphatic heterocycles. The topological polar surface area (TPSA) is 118 Å². The van der Waals surface area contributed by atoms with Crippen molar-refractivity contribution in [2.24, 2.45) is 12.8 Å². The average Bonchev–Trinajstić information content (AvgIpc) is 2.99. The molecule has 9 heteroatoms. The van der Waals surface area contributed by atoms with E-state index in [9.17, 15) is 18.8 Å². The zero-order valence-electron chi connectivity index (χ0n) is 19.6. The number of hydrogen-bond acceptors (Lipinski definition) is 5. The lowest BCUT2D eigenvalue weighted by molar-refractivity contribution is -0.117. The van der Waals surface area contributed by atoms with Crippen LogP contribution in [0.5, 0.6) is 0 Å². The highest BCUT2D eigenvalue weighted by Gasteiger charge is 2.30. The number of carbonyl (C=O) groups is 3. The van der Waals surface area contributed by atoms with Crippen molar-refractivity contribution in [2.45, 2.75) is 46.1 Å². The summed E-state index contributed by atoms with van der Waals surface area (Å²) >= 11 is 0. The Labute approximate surface area is 192 Å². The predicted molar refractivity (Wildman–Crippen MR) is 124 cm³/mol. The quantitative estimate of drug-likeness (QED) is 0.394. The normalized spacial score (nSPS) is 15.9. The molecule has 33 heavy (non-hydrogen) atoms. The summed E-state index contributed by atoms with van der Waals surface area (Å²) in [6.07, 6.45) is 1.80. The van der Waals surface area contributed by atoms with Gasteiger partial charge in [-0.2, -0.15) is 0 Å². The molecule has 0 spiro atoms. The van der Waals surface area contributed by atoms with Crippen LogP contribution in [0.15, 0.2) is 29.6 Å². The number of ketones is 1. The van der Waals surface area contributed by atoms with Crippen molar-refractivity contribution in [2.75, 3.05) is 12.4 Å². The number of benzene rings is 1. The van der Waals surface area contributed by atoms with E-state index in [1.165, 1.54) is 18.2 Å². The third-order valence-corrected chi connectivity index (χ3v) is 6.23. The summed E-state index contributed by atoms with van der Waals surface area (Å²) in [5.41, 5.74) is 9.86. The molecule has 0 saturated heterocycles. The van der Waals surface area contributed by atoms with Crippen LogP contribution in [0, 0.1) is 26.6 Å². The summed E-state index contributed by atoms with van der Waals surface area (Å²) < 4.78 is 15.1. The van der Waals surface area contributed by atoms with E-state index in [4.69, 9.17) is 5.73 Å². The van der Waals surface area contributed by atoms with Gasteiger partial charge in [-0.05, 0) is 62.9 Å². The molecular weight excluding hydrogens is 425 g/mol. The molecule has 1 aromatic carbocycles. The third kappa shape index (κ3) is 4.76. The van der Waals surface area contributed by atoms with Crippen molar-refractivity contribution >= 4 is 23.3 Å². The summed E-state index contributed by atoms with van der Waals surface area (Å²) in [5, 5.41) is 8.58. The number of aromatic nitrogens is 1. The van der Waals surface area contributed by atoms with Crippen molar-refractivity contribution in [3.63, 3.8) is 0 Å². The van der Waals surface area contributed by atoms with Gasteiger partial charge in [-0.1, -0.05) is 0 Å². The fraction of sp³-hybridized carbons (Fsp3) is 0.375. The number of carbonyl (C=O) groups excluding carboxylic acids is 3. The van der Waals surface area contributed by atoms with E-state index in [0.29, 0.717) is 47.3 Å². The highest BCUT2D eigenvalue weighted by Crippen LogP contribution is 2.25. The van der Waals surface area contributed by atoms with Gasteiger partial charge in [0.15, 0.2) is 0 Å². The maximum Gasteiger partial charge on any atom is 0.294 e. The Kier molecular flexibility index (Phi) is 6.90. The number of allylic oxidation sites excluding steroid dienone is 1. The van der Waals surface area contributed by atoms with Gasteiger partial charge in [-0.3, -0.25) is 14.4 Å². The summed E-state index contributed by atoms with van der Waals surface area (Å²) in [6, 6.07) is 4.08. The van der Waals surface area contributed by atoms with E-state index < -0.39 is 17.6 Å². The van der Waals surface area contributed by atoms with Crippen LogP contribution >= 0.6 is 0 Å². The Morgan fingerprint density at radius 2 is 1.88 bits per heavy atom. The van der Waals surface area contributed by atoms with Gasteiger partial charge in [0.1, 0.15) is 5.82 Å². The van der Waals surface area contributed by atoms with E-state index in [-0.39, 0.29) is 17.6 Å². The second kappa shape index (κ2) is 9.48. The van der Waals surface area contributed by atoms with Gasteiger partial charge in [0.25, 0.3) is 17.6 Å². The molecule has 5 N–H and O–H groups in total. The molecule has 1 unspecified atom stereocenters. The maximum atomic E-state index is 13.5. The van der Waals surface area contributed by atoms with Gasteiger partial charge in [-0.15, -0.1) is 0 Å². The lowest BCUT2D eigenvalue weighted by atomic mass is 9.96. The second-order valence-corrected chi connectivity index (χ2v) is 8.41. The number of hydrogen-bond donors (Lipinski definition) is 4. The lowest BCUT2D eigenvalue weighted by Gasteiger charge is -2.26. The first-order valence-corrected chi connectivity index (χ1v) is 10.8. The number of Topliss-reactive ketones (excluding diaryl/α,β-unsaturated/α-hetero) is 1. The Hall–Kier alpha value is -3.62. The van der Waals surface area contributed by atoms with Gasteiger partial charge in [0.05, 0.1) is 11.3 Å². The number of rotatable bonds is 6. The molecular formula is C24H30FN5O3. The fourth-order valence-corrected chi connectivity index (χ4v) is 4.25. The van der Waals surface area contributed by atoms with Crippen LogP contribution in [0.25, 0.3) is 0 Å². The summed E-state index contributed by atoms with van der Waals surface area (Å²) in [6.45, 7) is 4.96. The molecule has 1 aliphatic carbocycles. The van der Waals surface area contributed by atoms with Crippen molar-refractivity contribution in [1.82, 2.24) is 15.2 Å². The number of nitrogens with zero attached hydrogens (tertiary/aromatic N) is 1. The Bertz CT molecular complexity index is 1170. The molecule has 0 radical (unpaired) electrons. The van der Waals surface area contributed by atoms with Crippen LogP contribution < -0.4 is 21.7 Å². The van der Waals surface area contributed by atoms with Crippen LogP contribution in [0.2, 0.25) is 0 Å². The van der Waals surface area contributed by atoms with Crippen molar-refractivity contribution < 1.29 is 18.8 Å². The molecule has 1 aliphatic rings. The van der Waals surface area contributed by atoms with Crippen molar-refractivity contribution in [3.05, 3.63) is 63.5 Å². The molecule has 3 rings (SSSR count). The van der Waals surface area contributed by atoms with Crippen molar-refractivity contribution in [1.29, 1.82) is 0 Å². The molecule has 1 atom stereocenters. The number of anilines is 1. The zero-order valence-corrected chi connectivity index (χ0v) is 19.6. The van der Waals surface area contributed by atoms with E-state index in [2.05, 4.69) is 16.0 Å². The SMILES string of the molecule is CNC1=C(N)CCC(NC(=O)C(=O)c2c(C)c(C(=O)Nc3ccc(F)c(C)c3)c(C)n2C)C1. The standard InChI is InChI=1S/C24H30FN5O3/c1-12-10-15(6-8-17(12)25)28-23(32)20-13(2)21(30(5)14(20)3)22(31)24(33)29-16-7-9-18(26)19(11-16)27-4/h6,8,10,16,27H,7,9,11,26H2,1-5H3,(H,28,32)(H,29,33). The van der Waals surface area contributed by atoms with Gasteiger partial charge in [0.2, 0.25) is 0 Å². The van der Waals surface area contributed by atoms with Crippen LogP contribution in [-0.4, -0.2) is 35.3 Å². The fourth-order valence-electron chi connectivity index (χ4n) is 4.25. The molecule has 2 aromatic rings. The van der Waals surface area contributed by atoms with E-state index in [1.54, 1.807) is 39.4 Å². The predicted octanol–water partition coefficient (Wildman–Crippen LogP) is 2.58. The first-order chi connectivity index (χ1) is 15.5.